The zero-order valence-corrected chi connectivity index (χ0v) is 15.8. The molecule has 0 spiro atoms. The molecule has 148 valence electrons. The average Bonchev–Trinajstić information content (AvgIpc) is 2.65. The van der Waals surface area contributed by atoms with Gasteiger partial charge in [-0.05, 0) is 61.4 Å². The van der Waals surface area contributed by atoms with E-state index in [2.05, 4.69) is 10.6 Å². The molecule has 3 rings (SSSR count). The first-order valence-electron chi connectivity index (χ1n) is 9.32. The molecule has 1 aliphatic carbocycles. The molecule has 0 radical (unpaired) electrons. The van der Waals surface area contributed by atoms with Crippen molar-refractivity contribution in [2.75, 3.05) is 30.4 Å². The lowest BCUT2D eigenvalue weighted by molar-refractivity contribution is -0.127. The summed E-state index contributed by atoms with van der Waals surface area (Å²) < 4.78 is 18.4. The van der Waals surface area contributed by atoms with Gasteiger partial charge in [-0.15, -0.1) is 0 Å². The molecule has 0 bridgehead atoms. The quantitative estimate of drug-likeness (QED) is 0.762. The number of carbonyl (C=O) groups excluding carboxylic acids is 2. The lowest BCUT2D eigenvalue weighted by Crippen LogP contribution is -2.43. The molecule has 0 saturated heterocycles. The number of hydrogen-bond acceptors (Lipinski definition) is 3. The Hall–Kier alpha value is -3.09. The summed E-state index contributed by atoms with van der Waals surface area (Å²) in [4.78, 5) is 26.3. The van der Waals surface area contributed by atoms with Crippen molar-refractivity contribution in [2.45, 2.75) is 19.3 Å². The number of urea groups is 1. The average molecular weight is 385 g/mol. The number of amides is 3. The molecule has 28 heavy (non-hydrogen) atoms. The Balaban J connectivity index is 1.66. The van der Waals surface area contributed by atoms with Gasteiger partial charge in [-0.25, -0.2) is 9.18 Å². The molecule has 0 aromatic heterocycles. The molecule has 0 unspecified atom stereocenters. The van der Waals surface area contributed by atoms with Gasteiger partial charge in [0.25, 0.3) is 0 Å². The van der Waals surface area contributed by atoms with Gasteiger partial charge in [0.05, 0.1) is 7.11 Å². The van der Waals surface area contributed by atoms with Gasteiger partial charge in [-0.3, -0.25) is 9.69 Å². The summed E-state index contributed by atoms with van der Waals surface area (Å²) in [5.74, 6) is 0.429. The van der Waals surface area contributed by atoms with Crippen molar-refractivity contribution in [2.24, 2.45) is 5.92 Å². The Labute approximate surface area is 163 Å². The van der Waals surface area contributed by atoms with Gasteiger partial charge >= 0.3 is 6.03 Å². The van der Waals surface area contributed by atoms with Gasteiger partial charge in [0.1, 0.15) is 11.6 Å². The van der Waals surface area contributed by atoms with Crippen LogP contribution in [-0.4, -0.2) is 32.1 Å². The van der Waals surface area contributed by atoms with Gasteiger partial charge < -0.3 is 15.4 Å². The van der Waals surface area contributed by atoms with Crippen molar-refractivity contribution in [3.8, 4) is 5.75 Å². The first-order chi connectivity index (χ1) is 13.6. The third-order valence-electron chi connectivity index (χ3n) is 4.84. The van der Waals surface area contributed by atoms with Crippen LogP contribution in [0.3, 0.4) is 0 Å². The topological polar surface area (TPSA) is 70.7 Å². The number of rotatable bonds is 7. The van der Waals surface area contributed by atoms with E-state index in [-0.39, 0.29) is 30.2 Å². The predicted molar refractivity (Wildman–Crippen MR) is 106 cm³/mol. The molecule has 3 amide bonds. The molecule has 2 aromatic rings. The van der Waals surface area contributed by atoms with Crippen LogP contribution in [-0.2, 0) is 4.79 Å². The number of carbonyl (C=O) groups is 2. The smallest absolute Gasteiger partial charge is 0.326 e. The molecule has 0 heterocycles. The molecular weight excluding hydrogens is 361 g/mol. The fourth-order valence-corrected chi connectivity index (χ4v) is 2.94. The number of ether oxygens (including phenoxy) is 1. The molecule has 0 atom stereocenters. The Morgan fingerprint density at radius 1 is 1.11 bits per heavy atom. The number of nitrogens with one attached hydrogen (secondary N) is 2. The molecule has 0 aliphatic heterocycles. The summed E-state index contributed by atoms with van der Waals surface area (Å²) >= 11 is 0. The van der Waals surface area contributed by atoms with Gasteiger partial charge in [-0.1, -0.05) is 6.42 Å². The Morgan fingerprint density at radius 3 is 2.36 bits per heavy atom. The second-order valence-electron chi connectivity index (χ2n) is 6.71. The standard InChI is InChI=1S/C21H24FN3O3/c1-28-19-11-7-17(8-12-19)24-21(27)25(18-9-5-16(22)6-10-18)14-13-23-20(26)15-3-2-4-15/h5-12,15H,2-4,13-14H2,1H3,(H,23,26)(H,24,27). The number of anilines is 2. The molecule has 1 fully saturated rings. The van der Waals surface area contributed by atoms with E-state index in [1.807, 2.05) is 0 Å². The summed E-state index contributed by atoms with van der Waals surface area (Å²) in [6, 6.07) is 12.3. The summed E-state index contributed by atoms with van der Waals surface area (Å²) in [5, 5.41) is 5.69. The zero-order valence-electron chi connectivity index (χ0n) is 15.8. The molecule has 1 saturated carbocycles. The third-order valence-corrected chi connectivity index (χ3v) is 4.84. The Bertz CT molecular complexity index is 805. The summed E-state index contributed by atoms with van der Waals surface area (Å²) in [5.41, 5.74) is 1.15. The summed E-state index contributed by atoms with van der Waals surface area (Å²) in [6.07, 6.45) is 2.93. The molecule has 6 nitrogen and oxygen atoms in total. The summed E-state index contributed by atoms with van der Waals surface area (Å²) in [7, 11) is 1.57. The molecule has 7 heteroatoms. The molecule has 2 N–H and O–H groups in total. The van der Waals surface area contributed by atoms with E-state index in [1.54, 1.807) is 31.4 Å². The second kappa shape index (κ2) is 9.21. The van der Waals surface area contributed by atoms with Crippen LogP contribution in [0.4, 0.5) is 20.6 Å². The maximum atomic E-state index is 13.3. The lowest BCUT2D eigenvalue weighted by atomic mass is 9.85. The monoisotopic (exact) mass is 385 g/mol. The highest BCUT2D eigenvalue weighted by Crippen LogP contribution is 2.26. The van der Waals surface area contributed by atoms with Crippen molar-refractivity contribution in [1.82, 2.24) is 5.32 Å². The number of benzene rings is 2. The van der Waals surface area contributed by atoms with Gasteiger partial charge in [0.15, 0.2) is 0 Å². The molecule has 2 aromatic carbocycles. The Morgan fingerprint density at radius 2 is 1.79 bits per heavy atom. The maximum Gasteiger partial charge on any atom is 0.326 e. The van der Waals surface area contributed by atoms with Crippen LogP contribution in [0.2, 0.25) is 0 Å². The van der Waals surface area contributed by atoms with Gasteiger partial charge in [0.2, 0.25) is 5.91 Å². The number of hydrogen-bond donors (Lipinski definition) is 2. The van der Waals surface area contributed by atoms with E-state index in [0.717, 1.165) is 19.3 Å². The van der Waals surface area contributed by atoms with Crippen molar-refractivity contribution in [1.29, 1.82) is 0 Å². The van der Waals surface area contributed by atoms with Crippen molar-refractivity contribution in [3.63, 3.8) is 0 Å². The fraction of sp³-hybridized carbons (Fsp3) is 0.333. The van der Waals surface area contributed by atoms with Crippen LogP contribution in [0.1, 0.15) is 19.3 Å². The largest absolute Gasteiger partial charge is 0.497 e. The van der Waals surface area contributed by atoms with Crippen LogP contribution >= 0.6 is 0 Å². The van der Waals surface area contributed by atoms with Gasteiger partial charge in [-0.2, -0.15) is 0 Å². The number of nitrogens with zero attached hydrogens (tertiary/aromatic N) is 1. The van der Waals surface area contributed by atoms with Crippen LogP contribution in [0, 0.1) is 11.7 Å². The van der Waals surface area contributed by atoms with Gasteiger partial charge in [0, 0.05) is 30.4 Å². The summed E-state index contributed by atoms with van der Waals surface area (Å²) in [6.45, 7) is 0.592. The van der Waals surface area contributed by atoms with E-state index >= 15 is 0 Å². The third kappa shape index (κ3) is 5.00. The second-order valence-corrected chi connectivity index (χ2v) is 6.71. The van der Waals surface area contributed by atoms with E-state index < -0.39 is 0 Å². The minimum atomic E-state index is -0.377. The van der Waals surface area contributed by atoms with Crippen molar-refractivity contribution < 1.29 is 18.7 Å². The minimum absolute atomic E-state index is 0.0286. The van der Waals surface area contributed by atoms with Crippen molar-refractivity contribution in [3.05, 3.63) is 54.3 Å². The van der Waals surface area contributed by atoms with Crippen LogP contribution < -0.4 is 20.3 Å². The molecule has 1 aliphatic rings. The van der Waals surface area contributed by atoms with E-state index in [9.17, 15) is 14.0 Å². The highest BCUT2D eigenvalue weighted by molar-refractivity contribution is 6.01. The fourth-order valence-electron chi connectivity index (χ4n) is 2.94. The first-order valence-corrected chi connectivity index (χ1v) is 9.32. The van der Waals surface area contributed by atoms with Crippen LogP contribution in [0.5, 0.6) is 5.75 Å². The lowest BCUT2D eigenvalue weighted by Gasteiger charge is -2.26. The normalized spacial score (nSPS) is 13.4. The highest BCUT2D eigenvalue weighted by Gasteiger charge is 2.25. The Kier molecular flexibility index (Phi) is 6.47. The highest BCUT2D eigenvalue weighted by atomic mass is 19.1. The van der Waals surface area contributed by atoms with E-state index in [1.165, 1.54) is 29.2 Å². The maximum absolute atomic E-state index is 13.3. The van der Waals surface area contributed by atoms with Crippen LogP contribution in [0.25, 0.3) is 0 Å². The van der Waals surface area contributed by atoms with Crippen molar-refractivity contribution >= 4 is 23.3 Å². The molecular formula is C21H24FN3O3. The number of halogens is 1. The van der Waals surface area contributed by atoms with E-state index in [4.69, 9.17) is 4.74 Å². The van der Waals surface area contributed by atoms with E-state index in [0.29, 0.717) is 23.7 Å². The predicted octanol–water partition coefficient (Wildman–Crippen LogP) is 3.79. The van der Waals surface area contributed by atoms with Crippen LogP contribution in [0.15, 0.2) is 48.5 Å². The first kappa shape index (κ1) is 19.7. The SMILES string of the molecule is COc1ccc(NC(=O)N(CCNC(=O)C2CCC2)c2ccc(F)cc2)cc1. The minimum Gasteiger partial charge on any atom is -0.497 e. The number of methoxy groups -OCH3 is 1. The zero-order chi connectivity index (χ0) is 19.9.